The zero-order chi connectivity index (χ0) is 14.8. The summed E-state index contributed by atoms with van der Waals surface area (Å²) in [6.45, 7) is 4.21. The van der Waals surface area contributed by atoms with Crippen molar-refractivity contribution in [1.82, 2.24) is 5.32 Å². The molecule has 3 nitrogen and oxygen atoms in total. The predicted molar refractivity (Wildman–Crippen MR) is 88.8 cm³/mol. The normalized spacial score (nSPS) is 26.3. The lowest BCUT2D eigenvalue weighted by Gasteiger charge is -2.39. The monoisotopic (exact) mass is 387 g/mol. The van der Waals surface area contributed by atoms with Gasteiger partial charge >= 0.3 is 0 Å². The molecule has 0 bridgehead atoms. The Kier molecular flexibility index (Phi) is 5.07. The predicted octanol–water partition coefficient (Wildman–Crippen LogP) is 3.27. The third kappa shape index (κ3) is 3.34. The van der Waals surface area contributed by atoms with Crippen LogP contribution in [0.3, 0.4) is 0 Å². The summed E-state index contributed by atoms with van der Waals surface area (Å²) in [6, 6.07) is 5.76. The summed E-state index contributed by atoms with van der Waals surface area (Å²) in [7, 11) is 0. The van der Waals surface area contributed by atoms with Crippen molar-refractivity contribution in [1.29, 1.82) is 0 Å². The maximum absolute atomic E-state index is 12.5. The fourth-order valence-corrected chi connectivity index (χ4v) is 3.69. The minimum Gasteiger partial charge on any atom is -0.394 e. The highest BCUT2D eigenvalue weighted by Crippen LogP contribution is 2.32. The van der Waals surface area contributed by atoms with Gasteiger partial charge in [0.25, 0.3) is 5.91 Å². The molecule has 20 heavy (non-hydrogen) atoms. The van der Waals surface area contributed by atoms with Gasteiger partial charge in [-0.2, -0.15) is 0 Å². The van der Waals surface area contributed by atoms with Crippen molar-refractivity contribution < 1.29 is 9.90 Å². The number of hydrogen-bond donors (Lipinski definition) is 2. The number of carbonyl (C=O) groups is 1. The summed E-state index contributed by atoms with van der Waals surface area (Å²) in [5.74, 6) is 0.481. The molecular weight excluding hydrogens is 365 g/mol. The standard InChI is InChI=1S/C16H22INO2/c1-11-5-4-8-16(9-11,10-19)18-15(20)13-7-3-6-12(2)14(13)17/h3,6-7,11,19H,4-5,8-10H2,1-2H3,(H,18,20). The van der Waals surface area contributed by atoms with E-state index in [0.717, 1.165) is 28.4 Å². The molecule has 0 aliphatic heterocycles. The van der Waals surface area contributed by atoms with Crippen LogP contribution in [0, 0.1) is 16.4 Å². The van der Waals surface area contributed by atoms with Gasteiger partial charge in [0.05, 0.1) is 17.7 Å². The Balaban J connectivity index is 2.19. The minimum atomic E-state index is -0.443. The Labute approximate surface area is 134 Å². The molecule has 1 fully saturated rings. The Morgan fingerprint density at radius 1 is 1.55 bits per heavy atom. The van der Waals surface area contributed by atoms with E-state index in [9.17, 15) is 9.90 Å². The molecule has 2 atom stereocenters. The Bertz CT molecular complexity index is 503. The Morgan fingerprint density at radius 3 is 2.95 bits per heavy atom. The van der Waals surface area contributed by atoms with Crippen LogP contribution >= 0.6 is 22.6 Å². The van der Waals surface area contributed by atoms with Crippen molar-refractivity contribution >= 4 is 28.5 Å². The van der Waals surface area contributed by atoms with Gasteiger partial charge in [0.2, 0.25) is 0 Å². The van der Waals surface area contributed by atoms with Crippen molar-refractivity contribution in [2.75, 3.05) is 6.61 Å². The van der Waals surface area contributed by atoms with Crippen molar-refractivity contribution in [3.8, 4) is 0 Å². The number of aryl methyl sites for hydroxylation is 1. The quantitative estimate of drug-likeness (QED) is 0.783. The van der Waals surface area contributed by atoms with Gasteiger partial charge in [-0.3, -0.25) is 4.79 Å². The molecule has 0 heterocycles. The van der Waals surface area contributed by atoms with E-state index in [0.29, 0.717) is 11.5 Å². The third-order valence-corrected chi connectivity index (χ3v) is 5.64. The maximum Gasteiger partial charge on any atom is 0.252 e. The smallest absolute Gasteiger partial charge is 0.252 e. The van der Waals surface area contributed by atoms with E-state index in [1.54, 1.807) is 0 Å². The molecule has 0 aromatic heterocycles. The molecular formula is C16H22INO2. The second kappa shape index (κ2) is 6.43. The summed E-state index contributed by atoms with van der Waals surface area (Å²) in [5, 5.41) is 12.9. The highest BCUT2D eigenvalue weighted by molar-refractivity contribution is 14.1. The van der Waals surface area contributed by atoms with E-state index < -0.39 is 5.54 Å². The number of nitrogens with one attached hydrogen (secondary N) is 1. The second-order valence-corrected chi connectivity index (χ2v) is 7.11. The number of aliphatic hydroxyl groups is 1. The number of aliphatic hydroxyl groups excluding tert-OH is 1. The SMILES string of the molecule is Cc1cccc(C(=O)NC2(CO)CCCC(C)C2)c1I. The van der Waals surface area contributed by atoms with E-state index >= 15 is 0 Å². The van der Waals surface area contributed by atoms with Crippen LogP contribution in [0.15, 0.2) is 18.2 Å². The zero-order valence-corrected chi connectivity index (χ0v) is 14.2. The van der Waals surface area contributed by atoms with E-state index in [2.05, 4.69) is 34.8 Å². The van der Waals surface area contributed by atoms with Gasteiger partial charge in [0.15, 0.2) is 0 Å². The molecule has 1 aliphatic rings. The summed E-state index contributed by atoms with van der Waals surface area (Å²) in [5.41, 5.74) is 1.37. The molecule has 1 saturated carbocycles. The molecule has 1 aliphatic carbocycles. The number of halogens is 1. The molecule has 1 amide bonds. The minimum absolute atomic E-state index is 0.0193. The van der Waals surface area contributed by atoms with E-state index in [4.69, 9.17) is 0 Å². The van der Waals surface area contributed by atoms with Crippen LogP contribution in [0.5, 0.6) is 0 Å². The van der Waals surface area contributed by atoms with Crippen LogP contribution < -0.4 is 5.32 Å². The number of amides is 1. The van der Waals surface area contributed by atoms with Gasteiger partial charge in [-0.25, -0.2) is 0 Å². The van der Waals surface area contributed by atoms with Gasteiger partial charge in [0.1, 0.15) is 0 Å². The highest BCUT2D eigenvalue weighted by Gasteiger charge is 2.36. The third-order valence-electron chi connectivity index (χ3n) is 4.21. The Hall–Kier alpha value is -0.620. The van der Waals surface area contributed by atoms with Crippen LogP contribution in [0.25, 0.3) is 0 Å². The summed E-state index contributed by atoms with van der Waals surface area (Å²) in [6.07, 6.45) is 3.96. The van der Waals surface area contributed by atoms with Crippen molar-refractivity contribution in [3.05, 3.63) is 32.9 Å². The number of benzene rings is 1. The average Bonchev–Trinajstić information content (AvgIpc) is 2.41. The summed E-state index contributed by atoms with van der Waals surface area (Å²) < 4.78 is 0.986. The molecule has 110 valence electrons. The first kappa shape index (κ1) is 15.8. The van der Waals surface area contributed by atoms with E-state index in [-0.39, 0.29) is 12.5 Å². The number of hydrogen-bond acceptors (Lipinski definition) is 2. The molecule has 0 spiro atoms. The van der Waals surface area contributed by atoms with Gasteiger partial charge in [-0.15, -0.1) is 0 Å². The van der Waals surface area contributed by atoms with Gasteiger partial charge < -0.3 is 10.4 Å². The zero-order valence-electron chi connectivity index (χ0n) is 12.1. The van der Waals surface area contributed by atoms with Crippen LogP contribution in [-0.4, -0.2) is 23.2 Å². The lowest BCUT2D eigenvalue weighted by Crippen LogP contribution is -2.54. The van der Waals surface area contributed by atoms with Crippen molar-refractivity contribution in [3.63, 3.8) is 0 Å². The first-order chi connectivity index (χ1) is 9.47. The largest absolute Gasteiger partial charge is 0.394 e. The van der Waals surface area contributed by atoms with Crippen LogP contribution in [0.4, 0.5) is 0 Å². The molecule has 4 heteroatoms. The topological polar surface area (TPSA) is 49.3 Å². The molecule has 2 N–H and O–H groups in total. The van der Waals surface area contributed by atoms with E-state index in [1.807, 2.05) is 25.1 Å². The van der Waals surface area contributed by atoms with E-state index in [1.165, 1.54) is 6.42 Å². The second-order valence-electron chi connectivity index (χ2n) is 6.03. The fourth-order valence-electron chi connectivity index (χ4n) is 3.09. The van der Waals surface area contributed by atoms with Gasteiger partial charge in [0, 0.05) is 3.57 Å². The van der Waals surface area contributed by atoms with Crippen molar-refractivity contribution in [2.24, 2.45) is 5.92 Å². The highest BCUT2D eigenvalue weighted by atomic mass is 127. The van der Waals surface area contributed by atoms with Crippen molar-refractivity contribution in [2.45, 2.75) is 45.1 Å². The fraction of sp³-hybridized carbons (Fsp3) is 0.562. The van der Waals surface area contributed by atoms with Gasteiger partial charge in [-0.05, 0) is 59.9 Å². The molecule has 1 aromatic rings. The summed E-state index contributed by atoms with van der Waals surface area (Å²) in [4.78, 5) is 12.5. The number of rotatable bonds is 3. The molecule has 2 unspecified atom stereocenters. The van der Waals surface area contributed by atoms with Gasteiger partial charge in [-0.1, -0.05) is 31.9 Å². The molecule has 2 rings (SSSR count). The molecule has 0 saturated heterocycles. The maximum atomic E-state index is 12.5. The molecule has 0 radical (unpaired) electrons. The first-order valence-electron chi connectivity index (χ1n) is 7.16. The van der Waals surface area contributed by atoms with Crippen LogP contribution in [0.1, 0.15) is 48.5 Å². The van der Waals surface area contributed by atoms with Crippen LogP contribution in [-0.2, 0) is 0 Å². The Morgan fingerprint density at radius 2 is 2.30 bits per heavy atom. The molecule has 1 aromatic carbocycles. The lowest BCUT2D eigenvalue weighted by molar-refractivity contribution is 0.0696. The van der Waals surface area contributed by atoms with Crippen LogP contribution in [0.2, 0.25) is 0 Å². The first-order valence-corrected chi connectivity index (χ1v) is 8.24. The number of carbonyl (C=O) groups excluding carboxylic acids is 1. The summed E-state index contributed by atoms with van der Waals surface area (Å²) >= 11 is 2.21. The average molecular weight is 387 g/mol. The lowest BCUT2D eigenvalue weighted by atomic mass is 9.76.